The fraction of sp³-hybridized carbons (Fsp3) is 0.0870. The molecule has 5 nitrogen and oxygen atoms in total. The van der Waals surface area contributed by atoms with Crippen molar-refractivity contribution in [2.24, 2.45) is 0 Å². The van der Waals surface area contributed by atoms with Crippen LogP contribution in [-0.4, -0.2) is 15.0 Å². The Balaban J connectivity index is 1.64. The molecule has 0 atom stereocenters. The fourth-order valence-corrected chi connectivity index (χ4v) is 2.80. The second-order valence-electron chi connectivity index (χ2n) is 6.54. The second-order valence-corrected chi connectivity index (χ2v) is 6.54. The highest BCUT2D eigenvalue weighted by atomic mass is 15.2. The summed E-state index contributed by atoms with van der Waals surface area (Å²) < 4.78 is 0. The van der Waals surface area contributed by atoms with E-state index in [1.807, 2.05) is 60.7 Å². The number of nitrogens with one attached hydrogen (secondary N) is 2. The van der Waals surface area contributed by atoms with Gasteiger partial charge >= 0.3 is 0 Å². The number of anilines is 4. The molecule has 5 heteroatoms. The van der Waals surface area contributed by atoms with Gasteiger partial charge in [-0.1, -0.05) is 66.2 Å². The minimum Gasteiger partial charge on any atom is -0.324 e. The highest BCUT2D eigenvalue weighted by Gasteiger charge is 2.09. The number of nitrogens with zero attached hydrogens (tertiary/aromatic N) is 3. The van der Waals surface area contributed by atoms with Crippen LogP contribution >= 0.6 is 0 Å². The molecule has 0 aliphatic heterocycles. The molecule has 0 bridgehead atoms. The average Bonchev–Trinajstić information content (AvgIpc) is 2.71. The molecule has 0 saturated heterocycles. The summed E-state index contributed by atoms with van der Waals surface area (Å²) >= 11 is 0. The molecule has 0 amide bonds. The second kappa shape index (κ2) is 8.31. The fourth-order valence-electron chi connectivity index (χ4n) is 2.80. The van der Waals surface area contributed by atoms with Crippen LogP contribution in [0.3, 0.4) is 0 Å². The van der Waals surface area contributed by atoms with Crippen molar-refractivity contribution in [1.29, 1.82) is 0 Å². The van der Waals surface area contributed by atoms with E-state index in [0.717, 1.165) is 16.9 Å². The molecule has 0 unspecified atom stereocenters. The summed E-state index contributed by atoms with van der Waals surface area (Å²) in [7, 11) is 0. The molecule has 0 spiro atoms. The first-order valence-corrected chi connectivity index (χ1v) is 9.19. The number of hydrogen-bond donors (Lipinski definition) is 2. The van der Waals surface area contributed by atoms with Crippen molar-refractivity contribution in [3.05, 3.63) is 102 Å². The van der Waals surface area contributed by atoms with Crippen molar-refractivity contribution in [3.63, 3.8) is 0 Å². The van der Waals surface area contributed by atoms with E-state index in [1.54, 1.807) is 0 Å². The monoisotopic (exact) mass is 367 g/mol. The standard InChI is InChI=1S/C23H21N5/c1-17-12-14-18(15-13-17)16-21-26-22(24-19-8-4-2-5-9-19)28-23(27-21)25-20-10-6-3-7-11-20/h2-15H,16H2,1H3,(H2,24,25,26,27,28). The lowest BCUT2D eigenvalue weighted by Gasteiger charge is -2.10. The third-order valence-corrected chi connectivity index (χ3v) is 4.22. The quantitative estimate of drug-likeness (QED) is 0.487. The van der Waals surface area contributed by atoms with Gasteiger partial charge < -0.3 is 10.6 Å². The number of hydrogen-bond acceptors (Lipinski definition) is 5. The minimum absolute atomic E-state index is 0.516. The summed E-state index contributed by atoms with van der Waals surface area (Å²) in [6.07, 6.45) is 0.635. The first-order valence-electron chi connectivity index (χ1n) is 9.19. The van der Waals surface area contributed by atoms with Gasteiger partial charge in [0.1, 0.15) is 5.82 Å². The average molecular weight is 367 g/mol. The van der Waals surface area contributed by atoms with E-state index in [1.165, 1.54) is 5.56 Å². The van der Waals surface area contributed by atoms with E-state index < -0.39 is 0 Å². The first-order chi connectivity index (χ1) is 13.7. The molecule has 2 N–H and O–H groups in total. The van der Waals surface area contributed by atoms with E-state index in [9.17, 15) is 0 Å². The summed E-state index contributed by atoms with van der Waals surface area (Å²) in [6.45, 7) is 2.08. The van der Waals surface area contributed by atoms with E-state index in [-0.39, 0.29) is 0 Å². The van der Waals surface area contributed by atoms with Gasteiger partial charge in [-0.25, -0.2) is 0 Å². The molecule has 0 radical (unpaired) electrons. The van der Waals surface area contributed by atoms with E-state index in [4.69, 9.17) is 0 Å². The van der Waals surface area contributed by atoms with Gasteiger partial charge in [0.2, 0.25) is 11.9 Å². The Kier molecular flexibility index (Phi) is 5.24. The van der Waals surface area contributed by atoms with Crippen LogP contribution in [0.15, 0.2) is 84.9 Å². The van der Waals surface area contributed by atoms with E-state index >= 15 is 0 Å². The highest BCUT2D eigenvalue weighted by molar-refractivity contribution is 5.57. The molecule has 0 aliphatic carbocycles. The summed E-state index contributed by atoms with van der Waals surface area (Å²) in [5.74, 6) is 1.74. The molecule has 1 aromatic heterocycles. The Morgan fingerprint density at radius 1 is 0.607 bits per heavy atom. The van der Waals surface area contributed by atoms with E-state index in [2.05, 4.69) is 56.8 Å². The predicted molar refractivity (Wildman–Crippen MR) is 113 cm³/mol. The van der Waals surface area contributed by atoms with Gasteiger partial charge in [0, 0.05) is 17.8 Å². The van der Waals surface area contributed by atoms with Crippen LogP contribution in [0.5, 0.6) is 0 Å². The van der Waals surface area contributed by atoms with Crippen molar-refractivity contribution < 1.29 is 0 Å². The summed E-state index contributed by atoms with van der Waals surface area (Å²) in [6, 6.07) is 28.2. The largest absolute Gasteiger partial charge is 0.324 e. The van der Waals surface area contributed by atoms with Gasteiger partial charge in [-0.3, -0.25) is 0 Å². The molecule has 0 saturated carbocycles. The number of para-hydroxylation sites is 2. The van der Waals surface area contributed by atoms with Gasteiger partial charge in [-0.05, 0) is 36.8 Å². The van der Waals surface area contributed by atoms with Crippen molar-refractivity contribution in [1.82, 2.24) is 15.0 Å². The topological polar surface area (TPSA) is 62.7 Å². The molecule has 3 aromatic carbocycles. The zero-order valence-electron chi connectivity index (χ0n) is 15.6. The Morgan fingerprint density at radius 2 is 1.11 bits per heavy atom. The van der Waals surface area contributed by atoms with Crippen LogP contribution < -0.4 is 10.6 Å². The van der Waals surface area contributed by atoms with Crippen molar-refractivity contribution in [3.8, 4) is 0 Å². The normalized spacial score (nSPS) is 10.5. The smallest absolute Gasteiger partial charge is 0.232 e. The Hall–Kier alpha value is -3.73. The minimum atomic E-state index is 0.516. The lowest BCUT2D eigenvalue weighted by atomic mass is 10.1. The molecule has 4 rings (SSSR count). The maximum atomic E-state index is 4.61. The Bertz CT molecular complexity index is 972. The number of rotatable bonds is 6. The number of benzene rings is 3. The predicted octanol–water partition coefficient (Wildman–Crippen LogP) is 5.26. The molecular formula is C23H21N5. The Labute approximate surface area is 164 Å². The molecule has 0 fully saturated rings. The van der Waals surface area contributed by atoms with Crippen LogP contribution in [0, 0.1) is 6.92 Å². The molecular weight excluding hydrogens is 346 g/mol. The molecule has 138 valence electrons. The lowest BCUT2D eigenvalue weighted by molar-refractivity contribution is 0.931. The molecule has 0 aliphatic rings. The first kappa shape index (κ1) is 17.7. The third-order valence-electron chi connectivity index (χ3n) is 4.22. The van der Waals surface area contributed by atoms with Gasteiger partial charge in [0.25, 0.3) is 0 Å². The van der Waals surface area contributed by atoms with Gasteiger partial charge in [-0.2, -0.15) is 15.0 Å². The number of aryl methyl sites for hydroxylation is 1. The summed E-state index contributed by atoms with van der Waals surface area (Å²) in [5.41, 5.74) is 4.26. The highest BCUT2D eigenvalue weighted by Crippen LogP contribution is 2.18. The van der Waals surface area contributed by atoms with Crippen LogP contribution in [0.25, 0.3) is 0 Å². The maximum absolute atomic E-state index is 4.61. The Morgan fingerprint density at radius 3 is 1.61 bits per heavy atom. The van der Waals surface area contributed by atoms with Gasteiger partial charge in [-0.15, -0.1) is 0 Å². The zero-order valence-corrected chi connectivity index (χ0v) is 15.6. The van der Waals surface area contributed by atoms with Crippen molar-refractivity contribution >= 4 is 23.3 Å². The van der Waals surface area contributed by atoms with E-state index in [0.29, 0.717) is 24.1 Å². The molecule has 28 heavy (non-hydrogen) atoms. The molecule has 4 aromatic rings. The van der Waals surface area contributed by atoms with Crippen LogP contribution in [0.1, 0.15) is 17.0 Å². The SMILES string of the molecule is Cc1ccc(Cc2nc(Nc3ccccc3)nc(Nc3ccccc3)n2)cc1. The van der Waals surface area contributed by atoms with Crippen LogP contribution in [0.2, 0.25) is 0 Å². The van der Waals surface area contributed by atoms with Crippen molar-refractivity contribution in [2.45, 2.75) is 13.3 Å². The van der Waals surface area contributed by atoms with Crippen LogP contribution in [-0.2, 0) is 6.42 Å². The third kappa shape index (κ3) is 4.71. The van der Waals surface area contributed by atoms with Crippen LogP contribution in [0.4, 0.5) is 23.3 Å². The zero-order chi connectivity index (χ0) is 19.2. The van der Waals surface area contributed by atoms with Crippen molar-refractivity contribution in [2.75, 3.05) is 10.6 Å². The maximum Gasteiger partial charge on any atom is 0.232 e. The summed E-state index contributed by atoms with van der Waals surface area (Å²) in [4.78, 5) is 13.8. The van der Waals surface area contributed by atoms with Gasteiger partial charge in [0.15, 0.2) is 0 Å². The lowest BCUT2D eigenvalue weighted by Crippen LogP contribution is -2.08. The summed E-state index contributed by atoms with van der Waals surface area (Å²) in [5, 5.41) is 6.53. The number of aromatic nitrogens is 3. The molecule has 1 heterocycles. The van der Waals surface area contributed by atoms with Gasteiger partial charge in [0.05, 0.1) is 0 Å².